The van der Waals surface area contributed by atoms with Crippen LogP contribution in [-0.2, 0) is 4.79 Å². The quantitative estimate of drug-likeness (QED) is 0.774. The molecule has 0 saturated carbocycles. The Labute approximate surface area is 103 Å². The monoisotopic (exact) mass is 240 g/mol. The number of rotatable bonds is 4. The van der Waals surface area contributed by atoms with Crippen LogP contribution >= 0.6 is 0 Å². The normalized spacial score (nSPS) is 29.4. The Morgan fingerprint density at radius 3 is 2.65 bits per heavy atom. The molecule has 4 heteroatoms. The average Bonchev–Trinajstić information content (AvgIpc) is 2.83. The van der Waals surface area contributed by atoms with Crippen LogP contribution in [0.15, 0.2) is 0 Å². The Morgan fingerprint density at radius 1 is 1.41 bits per heavy atom. The first kappa shape index (κ1) is 12.8. The number of piperidine rings is 1. The fraction of sp³-hybridized carbons (Fsp3) is 0.923. The van der Waals surface area contributed by atoms with Crippen LogP contribution in [0.1, 0.15) is 32.6 Å². The first-order valence-corrected chi connectivity index (χ1v) is 6.85. The number of carbonyl (C=O) groups is 1. The number of likely N-dealkylation sites (tertiary alicyclic amines) is 1. The van der Waals surface area contributed by atoms with Gasteiger partial charge in [-0.05, 0) is 51.2 Å². The van der Waals surface area contributed by atoms with E-state index >= 15 is 0 Å². The topological polar surface area (TPSA) is 52.6 Å². The molecule has 0 spiro atoms. The number of hydrogen-bond acceptors (Lipinski definition) is 3. The van der Waals surface area contributed by atoms with Gasteiger partial charge in [0.1, 0.15) is 0 Å². The third kappa shape index (κ3) is 3.42. The zero-order chi connectivity index (χ0) is 12.3. The third-order valence-corrected chi connectivity index (χ3v) is 4.25. The smallest absolute Gasteiger partial charge is 0.307 e. The molecule has 17 heavy (non-hydrogen) atoms. The van der Waals surface area contributed by atoms with Gasteiger partial charge in [-0.1, -0.05) is 6.92 Å². The zero-order valence-corrected chi connectivity index (χ0v) is 10.7. The van der Waals surface area contributed by atoms with Gasteiger partial charge >= 0.3 is 5.97 Å². The maximum absolute atomic E-state index is 10.8. The van der Waals surface area contributed by atoms with Gasteiger partial charge < -0.3 is 15.3 Å². The molecule has 0 aromatic rings. The number of aliphatic carboxylic acids is 1. The van der Waals surface area contributed by atoms with Crippen molar-refractivity contribution in [2.24, 2.45) is 11.8 Å². The standard InChI is InChI=1S/C13H24N2O2/c1-10(13(16)17)9-15-7-4-11(5-8-15)12-3-2-6-14-12/h10-12,14H,2-9H2,1H3,(H,16,17). The predicted octanol–water partition coefficient (Wildman–Crippen LogP) is 1.17. The van der Waals surface area contributed by atoms with Gasteiger partial charge in [-0.2, -0.15) is 0 Å². The van der Waals surface area contributed by atoms with E-state index in [0.717, 1.165) is 25.0 Å². The number of carboxylic acids is 1. The number of hydrogen-bond donors (Lipinski definition) is 2. The first-order valence-electron chi connectivity index (χ1n) is 6.85. The van der Waals surface area contributed by atoms with Gasteiger partial charge in [0.15, 0.2) is 0 Å². The number of nitrogens with one attached hydrogen (secondary N) is 1. The third-order valence-electron chi connectivity index (χ3n) is 4.25. The fourth-order valence-corrected chi connectivity index (χ4v) is 3.12. The van der Waals surface area contributed by atoms with Crippen LogP contribution in [0.25, 0.3) is 0 Å². The van der Waals surface area contributed by atoms with E-state index in [0.29, 0.717) is 6.54 Å². The summed E-state index contributed by atoms with van der Waals surface area (Å²) in [7, 11) is 0. The van der Waals surface area contributed by atoms with Gasteiger partial charge in [0.2, 0.25) is 0 Å². The lowest BCUT2D eigenvalue weighted by molar-refractivity contribution is -0.141. The van der Waals surface area contributed by atoms with Gasteiger partial charge in [-0.15, -0.1) is 0 Å². The Kier molecular flexibility index (Phi) is 4.40. The molecule has 98 valence electrons. The molecule has 2 saturated heterocycles. The molecule has 0 amide bonds. The minimum Gasteiger partial charge on any atom is -0.481 e. The van der Waals surface area contributed by atoms with Gasteiger partial charge in [0.25, 0.3) is 0 Å². The highest BCUT2D eigenvalue weighted by Gasteiger charge is 2.29. The highest BCUT2D eigenvalue weighted by atomic mass is 16.4. The lowest BCUT2D eigenvalue weighted by atomic mass is 9.88. The highest BCUT2D eigenvalue weighted by Crippen LogP contribution is 2.25. The molecule has 2 N–H and O–H groups in total. The molecule has 2 heterocycles. The van der Waals surface area contributed by atoms with Gasteiger partial charge in [0, 0.05) is 12.6 Å². The van der Waals surface area contributed by atoms with Crippen molar-refractivity contribution in [1.82, 2.24) is 10.2 Å². The average molecular weight is 240 g/mol. The Balaban J connectivity index is 1.72. The van der Waals surface area contributed by atoms with E-state index < -0.39 is 5.97 Å². The van der Waals surface area contributed by atoms with Crippen LogP contribution in [-0.4, -0.2) is 48.2 Å². The fourth-order valence-electron chi connectivity index (χ4n) is 3.12. The van der Waals surface area contributed by atoms with Crippen molar-refractivity contribution in [1.29, 1.82) is 0 Å². The summed E-state index contributed by atoms with van der Waals surface area (Å²) in [5.74, 6) is -0.102. The second-order valence-electron chi connectivity index (χ2n) is 5.58. The lowest BCUT2D eigenvalue weighted by Crippen LogP contribution is -2.43. The summed E-state index contributed by atoms with van der Waals surface area (Å²) in [4.78, 5) is 13.1. The van der Waals surface area contributed by atoms with Crippen LogP contribution in [0.5, 0.6) is 0 Å². The Morgan fingerprint density at radius 2 is 2.12 bits per heavy atom. The summed E-state index contributed by atoms with van der Waals surface area (Å²) >= 11 is 0. The summed E-state index contributed by atoms with van der Waals surface area (Å²) in [6, 6.07) is 0.731. The molecule has 2 rings (SSSR count). The Bertz CT molecular complexity index is 256. The molecule has 2 unspecified atom stereocenters. The van der Waals surface area contributed by atoms with E-state index in [1.165, 1.54) is 32.2 Å². The van der Waals surface area contributed by atoms with Crippen LogP contribution in [0.4, 0.5) is 0 Å². The molecule has 4 nitrogen and oxygen atoms in total. The zero-order valence-electron chi connectivity index (χ0n) is 10.7. The van der Waals surface area contributed by atoms with Crippen molar-refractivity contribution in [2.45, 2.75) is 38.6 Å². The molecule has 0 aromatic heterocycles. The Hall–Kier alpha value is -0.610. The van der Waals surface area contributed by atoms with Crippen molar-refractivity contribution in [3.63, 3.8) is 0 Å². The van der Waals surface area contributed by atoms with Crippen LogP contribution in [0.3, 0.4) is 0 Å². The molecule has 2 aliphatic heterocycles. The molecular formula is C13H24N2O2. The molecular weight excluding hydrogens is 216 g/mol. The summed E-state index contributed by atoms with van der Waals surface area (Å²) in [5.41, 5.74) is 0. The van der Waals surface area contributed by atoms with Crippen molar-refractivity contribution < 1.29 is 9.90 Å². The van der Waals surface area contributed by atoms with Crippen molar-refractivity contribution in [3.05, 3.63) is 0 Å². The largest absolute Gasteiger partial charge is 0.481 e. The highest BCUT2D eigenvalue weighted by molar-refractivity contribution is 5.69. The van der Waals surface area contributed by atoms with Crippen molar-refractivity contribution >= 4 is 5.97 Å². The van der Waals surface area contributed by atoms with E-state index in [2.05, 4.69) is 10.2 Å². The molecule has 0 aliphatic carbocycles. The summed E-state index contributed by atoms with van der Waals surface area (Å²) in [5, 5.41) is 12.5. The van der Waals surface area contributed by atoms with Gasteiger partial charge in [0.05, 0.1) is 5.92 Å². The number of carboxylic acid groups (broad SMARTS) is 1. The van der Waals surface area contributed by atoms with Gasteiger partial charge in [-0.3, -0.25) is 4.79 Å². The second-order valence-corrected chi connectivity index (χ2v) is 5.58. The number of nitrogens with zero attached hydrogens (tertiary/aromatic N) is 1. The molecule has 2 fully saturated rings. The van der Waals surface area contributed by atoms with E-state index in [1.807, 2.05) is 0 Å². The maximum Gasteiger partial charge on any atom is 0.307 e. The molecule has 0 radical (unpaired) electrons. The van der Waals surface area contributed by atoms with E-state index in [9.17, 15) is 4.79 Å². The SMILES string of the molecule is CC(CN1CCC(C2CCCN2)CC1)C(=O)O. The summed E-state index contributed by atoms with van der Waals surface area (Å²) < 4.78 is 0. The minimum absolute atomic E-state index is 0.240. The van der Waals surface area contributed by atoms with E-state index in [-0.39, 0.29) is 5.92 Å². The van der Waals surface area contributed by atoms with Gasteiger partial charge in [-0.25, -0.2) is 0 Å². The molecule has 2 atom stereocenters. The van der Waals surface area contributed by atoms with Crippen LogP contribution in [0.2, 0.25) is 0 Å². The summed E-state index contributed by atoms with van der Waals surface area (Å²) in [6.45, 7) is 5.83. The molecule has 2 aliphatic rings. The van der Waals surface area contributed by atoms with E-state index in [1.54, 1.807) is 6.92 Å². The van der Waals surface area contributed by atoms with Crippen molar-refractivity contribution in [3.8, 4) is 0 Å². The van der Waals surface area contributed by atoms with E-state index in [4.69, 9.17) is 5.11 Å². The van der Waals surface area contributed by atoms with Crippen molar-refractivity contribution in [2.75, 3.05) is 26.2 Å². The van der Waals surface area contributed by atoms with Crippen LogP contribution in [0, 0.1) is 11.8 Å². The second kappa shape index (κ2) is 5.83. The summed E-state index contributed by atoms with van der Waals surface area (Å²) in [6.07, 6.45) is 5.10. The minimum atomic E-state index is -0.676. The molecule has 0 bridgehead atoms. The predicted molar refractivity (Wildman–Crippen MR) is 67.0 cm³/mol. The first-order chi connectivity index (χ1) is 8.16. The lowest BCUT2D eigenvalue weighted by Gasteiger charge is -2.35. The maximum atomic E-state index is 10.8. The van der Waals surface area contributed by atoms with Crippen LogP contribution < -0.4 is 5.32 Å². The molecule has 0 aromatic carbocycles.